The van der Waals surface area contributed by atoms with Crippen molar-refractivity contribution in [1.29, 1.82) is 0 Å². The van der Waals surface area contributed by atoms with E-state index in [9.17, 15) is 13.2 Å². The largest absolute Gasteiger partial charge is 0.495 e. The molecule has 0 atom stereocenters. The van der Waals surface area contributed by atoms with Crippen molar-refractivity contribution in [1.82, 2.24) is 0 Å². The number of carbonyl (C=O) groups is 1. The zero-order valence-electron chi connectivity index (χ0n) is 12.0. The molecule has 1 N–H and O–H groups in total. The summed E-state index contributed by atoms with van der Waals surface area (Å²) in [5, 5.41) is 0.380. The number of methoxy groups -OCH3 is 1. The van der Waals surface area contributed by atoms with Crippen molar-refractivity contribution in [2.75, 3.05) is 11.8 Å². The molecule has 0 amide bonds. The van der Waals surface area contributed by atoms with Crippen molar-refractivity contribution in [3.63, 3.8) is 0 Å². The van der Waals surface area contributed by atoms with Crippen LogP contribution in [0.4, 0.5) is 5.69 Å². The number of hydrogen-bond acceptors (Lipinski definition) is 4. The molecule has 0 fully saturated rings. The smallest absolute Gasteiger partial charge is 0.262 e. The highest BCUT2D eigenvalue weighted by atomic mass is 35.5. The van der Waals surface area contributed by atoms with Crippen molar-refractivity contribution in [2.24, 2.45) is 0 Å². The Morgan fingerprint density at radius 2 is 1.77 bits per heavy atom. The van der Waals surface area contributed by atoms with Crippen molar-refractivity contribution >= 4 is 33.1 Å². The van der Waals surface area contributed by atoms with Crippen LogP contribution in [0, 0.1) is 0 Å². The summed E-state index contributed by atoms with van der Waals surface area (Å²) in [5.74, 6) is 0.224. The monoisotopic (exact) mass is 339 g/mol. The average Bonchev–Trinajstić information content (AvgIpc) is 2.47. The Labute approximate surface area is 133 Å². The standard InChI is InChI=1S/C15H14ClNO4S/c1-10(18)11-3-6-13(7-4-11)22(19,20)17-14-9-12(16)5-8-15(14)21-2/h3-9,17H,1-2H3. The SMILES string of the molecule is COc1ccc(Cl)cc1NS(=O)(=O)c1ccc(C(C)=O)cc1. The zero-order chi connectivity index (χ0) is 16.3. The number of benzene rings is 2. The quantitative estimate of drug-likeness (QED) is 0.848. The summed E-state index contributed by atoms with van der Waals surface area (Å²) in [6.07, 6.45) is 0. The summed E-state index contributed by atoms with van der Waals surface area (Å²) in [6, 6.07) is 10.3. The Balaban J connectivity index is 2.35. The van der Waals surface area contributed by atoms with Gasteiger partial charge in [-0.15, -0.1) is 0 Å². The van der Waals surface area contributed by atoms with Gasteiger partial charge in [0, 0.05) is 10.6 Å². The van der Waals surface area contributed by atoms with Gasteiger partial charge >= 0.3 is 0 Å². The van der Waals surface area contributed by atoms with Crippen LogP contribution < -0.4 is 9.46 Å². The van der Waals surface area contributed by atoms with E-state index in [1.807, 2.05) is 0 Å². The van der Waals surface area contributed by atoms with Gasteiger partial charge in [-0.2, -0.15) is 0 Å². The van der Waals surface area contributed by atoms with Crippen LogP contribution in [-0.4, -0.2) is 21.3 Å². The minimum absolute atomic E-state index is 0.0412. The molecule has 0 spiro atoms. The zero-order valence-corrected chi connectivity index (χ0v) is 13.5. The second kappa shape index (κ2) is 6.37. The van der Waals surface area contributed by atoms with E-state index in [0.29, 0.717) is 16.3 Å². The fourth-order valence-corrected chi connectivity index (χ4v) is 3.07. The van der Waals surface area contributed by atoms with E-state index in [4.69, 9.17) is 16.3 Å². The van der Waals surface area contributed by atoms with Gasteiger partial charge in [-0.25, -0.2) is 8.42 Å². The molecule has 0 radical (unpaired) electrons. The number of carbonyl (C=O) groups excluding carboxylic acids is 1. The lowest BCUT2D eigenvalue weighted by molar-refractivity contribution is 0.101. The molecule has 0 saturated heterocycles. The Bertz CT molecular complexity index is 801. The van der Waals surface area contributed by atoms with Crippen LogP contribution in [0.5, 0.6) is 5.75 Å². The minimum Gasteiger partial charge on any atom is -0.495 e. The number of hydrogen-bond donors (Lipinski definition) is 1. The molecule has 0 aromatic heterocycles. The minimum atomic E-state index is -3.81. The van der Waals surface area contributed by atoms with E-state index in [2.05, 4.69) is 4.72 Å². The van der Waals surface area contributed by atoms with E-state index in [0.717, 1.165) is 0 Å². The summed E-state index contributed by atoms with van der Waals surface area (Å²) >= 11 is 5.88. The summed E-state index contributed by atoms with van der Waals surface area (Å²) in [7, 11) is -2.37. The van der Waals surface area contributed by atoms with Gasteiger partial charge in [0.05, 0.1) is 17.7 Å². The molecule has 5 nitrogen and oxygen atoms in total. The lowest BCUT2D eigenvalue weighted by Crippen LogP contribution is -2.13. The third kappa shape index (κ3) is 3.58. The molecule has 22 heavy (non-hydrogen) atoms. The average molecular weight is 340 g/mol. The van der Waals surface area contributed by atoms with E-state index >= 15 is 0 Å². The fourth-order valence-electron chi connectivity index (χ4n) is 1.83. The van der Waals surface area contributed by atoms with Crippen molar-refractivity contribution in [3.05, 3.63) is 53.1 Å². The summed E-state index contributed by atoms with van der Waals surface area (Å²) in [6.45, 7) is 1.42. The van der Waals surface area contributed by atoms with Crippen LogP contribution in [-0.2, 0) is 10.0 Å². The molecule has 7 heteroatoms. The topological polar surface area (TPSA) is 72.5 Å². The van der Waals surface area contributed by atoms with E-state index < -0.39 is 10.0 Å². The predicted molar refractivity (Wildman–Crippen MR) is 85.3 cm³/mol. The molecule has 0 heterocycles. The van der Waals surface area contributed by atoms with Crippen LogP contribution in [0.1, 0.15) is 17.3 Å². The van der Waals surface area contributed by atoms with Gasteiger partial charge in [0.1, 0.15) is 5.75 Å². The predicted octanol–water partition coefficient (Wildman–Crippen LogP) is 3.35. The molecule has 2 rings (SSSR count). The molecule has 0 saturated carbocycles. The number of sulfonamides is 1. The first-order valence-electron chi connectivity index (χ1n) is 6.31. The molecule has 2 aromatic rings. The number of ketones is 1. The number of nitrogens with one attached hydrogen (secondary N) is 1. The van der Waals surface area contributed by atoms with E-state index in [1.54, 1.807) is 12.1 Å². The highest BCUT2D eigenvalue weighted by Gasteiger charge is 2.17. The van der Waals surface area contributed by atoms with Gasteiger partial charge in [-0.1, -0.05) is 23.7 Å². The number of anilines is 1. The Morgan fingerprint density at radius 3 is 2.32 bits per heavy atom. The van der Waals surface area contributed by atoms with Gasteiger partial charge in [0.2, 0.25) is 0 Å². The second-order valence-electron chi connectivity index (χ2n) is 4.53. The molecule has 0 bridgehead atoms. The van der Waals surface area contributed by atoms with E-state index in [1.165, 1.54) is 44.4 Å². The van der Waals surface area contributed by atoms with Crippen LogP contribution in [0.25, 0.3) is 0 Å². The molecular weight excluding hydrogens is 326 g/mol. The number of Topliss-reactive ketones (excluding diaryl/α,β-unsaturated/α-hetero) is 1. The van der Waals surface area contributed by atoms with Crippen LogP contribution in [0.2, 0.25) is 5.02 Å². The van der Waals surface area contributed by atoms with Gasteiger partial charge in [-0.3, -0.25) is 9.52 Å². The summed E-state index contributed by atoms with van der Waals surface area (Å²) < 4.78 is 32.3. The normalized spacial score (nSPS) is 11.0. The Morgan fingerprint density at radius 1 is 1.14 bits per heavy atom. The molecule has 0 aliphatic rings. The lowest BCUT2D eigenvalue weighted by atomic mass is 10.2. The number of ether oxygens (including phenoxy) is 1. The van der Waals surface area contributed by atoms with Gasteiger partial charge in [0.15, 0.2) is 5.78 Å². The maximum Gasteiger partial charge on any atom is 0.262 e. The maximum atomic E-state index is 12.4. The van der Waals surface area contributed by atoms with Crippen molar-refractivity contribution < 1.29 is 17.9 Å². The van der Waals surface area contributed by atoms with Gasteiger partial charge in [0.25, 0.3) is 10.0 Å². The summed E-state index contributed by atoms with van der Waals surface area (Å²) in [4.78, 5) is 11.3. The van der Waals surface area contributed by atoms with Crippen molar-refractivity contribution in [3.8, 4) is 5.75 Å². The van der Waals surface area contributed by atoms with E-state index in [-0.39, 0.29) is 16.4 Å². The third-order valence-electron chi connectivity index (χ3n) is 2.98. The highest BCUT2D eigenvalue weighted by molar-refractivity contribution is 7.92. The van der Waals surface area contributed by atoms with Crippen LogP contribution >= 0.6 is 11.6 Å². The molecule has 116 valence electrons. The molecule has 2 aromatic carbocycles. The molecule has 0 unspecified atom stereocenters. The second-order valence-corrected chi connectivity index (χ2v) is 6.65. The first-order valence-corrected chi connectivity index (χ1v) is 8.17. The highest BCUT2D eigenvalue weighted by Crippen LogP contribution is 2.29. The number of halogens is 1. The van der Waals surface area contributed by atoms with Crippen molar-refractivity contribution in [2.45, 2.75) is 11.8 Å². The van der Waals surface area contributed by atoms with Gasteiger partial charge in [-0.05, 0) is 37.3 Å². The third-order valence-corrected chi connectivity index (χ3v) is 4.59. The first-order chi connectivity index (χ1) is 10.3. The Hall–Kier alpha value is -2.05. The fraction of sp³-hybridized carbons (Fsp3) is 0.133. The lowest BCUT2D eigenvalue weighted by Gasteiger charge is -2.12. The first kappa shape index (κ1) is 16.3. The molecule has 0 aliphatic carbocycles. The molecule has 0 aliphatic heterocycles. The maximum absolute atomic E-state index is 12.4. The van der Waals surface area contributed by atoms with Crippen LogP contribution in [0.3, 0.4) is 0 Å². The molecular formula is C15H14ClNO4S. The van der Waals surface area contributed by atoms with Crippen LogP contribution in [0.15, 0.2) is 47.4 Å². The van der Waals surface area contributed by atoms with Gasteiger partial charge < -0.3 is 4.74 Å². The summed E-state index contributed by atoms with van der Waals surface area (Å²) in [5.41, 5.74) is 0.685. The number of rotatable bonds is 5. The Kier molecular flexibility index (Phi) is 4.73.